The van der Waals surface area contributed by atoms with Gasteiger partial charge in [-0.25, -0.2) is 4.79 Å². The second-order valence-electron chi connectivity index (χ2n) is 3.37. The van der Waals surface area contributed by atoms with Crippen molar-refractivity contribution in [3.8, 4) is 5.95 Å². The van der Waals surface area contributed by atoms with Crippen LogP contribution in [0.5, 0.6) is 0 Å². The SMILES string of the molecule is Cn1cnnc1-n1nc(C(=O)O)cc1C(F)(F)F. The van der Waals surface area contributed by atoms with Crippen molar-refractivity contribution in [1.29, 1.82) is 0 Å². The van der Waals surface area contributed by atoms with Gasteiger partial charge in [-0.05, 0) is 0 Å². The Morgan fingerprint density at radius 1 is 1.44 bits per heavy atom. The van der Waals surface area contributed by atoms with Crippen LogP contribution in [0, 0.1) is 0 Å². The van der Waals surface area contributed by atoms with E-state index in [0.29, 0.717) is 10.7 Å². The highest BCUT2D eigenvalue weighted by molar-refractivity contribution is 5.85. The van der Waals surface area contributed by atoms with Gasteiger partial charge in [0.05, 0.1) is 0 Å². The van der Waals surface area contributed by atoms with Crippen molar-refractivity contribution in [3.63, 3.8) is 0 Å². The molecule has 0 radical (unpaired) electrons. The molecule has 0 amide bonds. The number of rotatable bonds is 2. The number of hydrogen-bond donors (Lipinski definition) is 1. The first kappa shape index (κ1) is 12.1. The molecule has 0 aliphatic carbocycles. The topological polar surface area (TPSA) is 85.8 Å². The number of carbonyl (C=O) groups is 1. The second kappa shape index (κ2) is 3.82. The summed E-state index contributed by atoms with van der Waals surface area (Å²) in [6, 6.07) is 0.441. The van der Waals surface area contributed by atoms with E-state index in [4.69, 9.17) is 5.11 Å². The van der Waals surface area contributed by atoms with Gasteiger partial charge in [-0.2, -0.15) is 23.0 Å². The summed E-state index contributed by atoms with van der Waals surface area (Å²) in [6.45, 7) is 0. The van der Waals surface area contributed by atoms with Crippen LogP contribution >= 0.6 is 0 Å². The van der Waals surface area contributed by atoms with Crippen molar-refractivity contribution in [2.24, 2.45) is 7.05 Å². The largest absolute Gasteiger partial charge is 0.476 e. The number of carboxylic acid groups (broad SMARTS) is 1. The Morgan fingerprint density at radius 3 is 2.56 bits per heavy atom. The first-order valence-electron chi connectivity index (χ1n) is 4.55. The summed E-state index contributed by atoms with van der Waals surface area (Å²) < 4.78 is 39.8. The molecule has 2 rings (SSSR count). The van der Waals surface area contributed by atoms with Crippen LogP contribution in [0.1, 0.15) is 16.2 Å². The Hall–Kier alpha value is -2.39. The molecule has 0 aliphatic rings. The molecule has 0 spiro atoms. The van der Waals surface area contributed by atoms with Crippen LogP contribution in [0.3, 0.4) is 0 Å². The zero-order valence-electron chi connectivity index (χ0n) is 8.88. The van der Waals surface area contributed by atoms with Gasteiger partial charge in [-0.3, -0.25) is 0 Å². The number of hydrogen-bond acceptors (Lipinski definition) is 4. The highest BCUT2D eigenvalue weighted by Crippen LogP contribution is 2.31. The summed E-state index contributed by atoms with van der Waals surface area (Å²) in [4.78, 5) is 10.7. The van der Waals surface area contributed by atoms with Crippen LogP contribution in [-0.2, 0) is 13.2 Å². The third kappa shape index (κ3) is 1.92. The maximum Gasteiger partial charge on any atom is 0.433 e. The van der Waals surface area contributed by atoms with Gasteiger partial charge in [0.15, 0.2) is 11.4 Å². The molecule has 7 nitrogen and oxygen atoms in total. The molecular weight excluding hydrogens is 255 g/mol. The van der Waals surface area contributed by atoms with Crippen LogP contribution in [0.25, 0.3) is 5.95 Å². The Balaban J connectivity index is 2.66. The minimum absolute atomic E-state index is 0.227. The molecule has 2 aromatic rings. The van der Waals surface area contributed by atoms with Crippen molar-refractivity contribution in [2.45, 2.75) is 6.18 Å². The molecule has 0 aromatic carbocycles. The van der Waals surface area contributed by atoms with Gasteiger partial charge in [-0.15, -0.1) is 10.2 Å². The molecule has 0 unspecified atom stereocenters. The van der Waals surface area contributed by atoms with E-state index >= 15 is 0 Å². The van der Waals surface area contributed by atoms with E-state index in [0.717, 1.165) is 0 Å². The lowest BCUT2D eigenvalue weighted by Gasteiger charge is -2.08. The maximum atomic E-state index is 12.7. The van der Waals surface area contributed by atoms with Crippen LogP contribution in [0.2, 0.25) is 0 Å². The standard InChI is InChI=1S/C8H6F3N5O2/c1-15-3-12-13-7(15)16-5(8(9,10)11)2-4(14-16)6(17)18/h2-3H,1H3,(H,17,18). The van der Waals surface area contributed by atoms with Gasteiger partial charge < -0.3 is 9.67 Å². The van der Waals surface area contributed by atoms with Crippen molar-refractivity contribution in [1.82, 2.24) is 24.5 Å². The van der Waals surface area contributed by atoms with Crippen molar-refractivity contribution < 1.29 is 23.1 Å². The number of carboxylic acids is 1. The molecule has 10 heteroatoms. The zero-order chi connectivity index (χ0) is 13.5. The van der Waals surface area contributed by atoms with E-state index in [1.807, 2.05) is 0 Å². The molecule has 96 valence electrons. The summed E-state index contributed by atoms with van der Waals surface area (Å²) in [5.74, 6) is -1.78. The summed E-state index contributed by atoms with van der Waals surface area (Å²) >= 11 is 0. The lowest BCUT2D eigenvalue weighted by molar-refractivity contribution is -0.143. The third-order valence-electron chi connectivity index (χ3n) is 2.10. The molecule has 0 atom stereocenters. The quantitative estimate of drug-likeness (QED) is 0.860. The predicted molar refractivity (Wildman–Crippen MR) is 50.1 cm³/mol. The molecule has 2 aromatic heterocycles. The number of aromatic nitrogens is 5. The lowest BCUT2D eigenvalue weighted by Crippen LogP contribution is -2.16. The Morgan fingerprint density at radius 2 is 2.11 bits per heavy atom. The van der Waals surface area contributed by atoms with Gasteiger partial charge in [-0.1, -0.05) is 0 Å². The first-order valence-corrected chi connectivity index (χ1v) is 4.55. The monoisotopic (exact) mass is 261 g/mol. The Kier molecular flexibility index (Phi) is 2.56. The Bertz CT molecular complexity index is 600. The molecule has 1 N–H and O–H groups in total. The van der Waals surface area contributed by atoms with E-state index in [1.165, 1.54) is 17.9 Å². The second-order valence-corrected chi connectivity index (χ2v) is 3.37. The first-order chi connectivity index (χ1) is 8.30. The van der Waals surface area contributed by atoms with Crippen molar-refractivity contribution in [2.75, 3.05) is 0 Å². The predicted octanol–water partition coefficient (Wildman–Crippen LogP) is 0.718. The highest BCUT2D eigenvalue weighted by atomic mass is 19.4. The molecule has 0 bridgehead atoms. The van der Waals surface area contributed by atoms with Crippen LogP contribution in [0.4, 0.5) is 13.2 Å². The number of aromatic carboxylic acids is 1. The normalized spacial score (nSPS) is 11.8. The lowest BCUT2D eigenvalue weighted by atomic mass is 10.3. The van der Waals surface area contributed by atoms with Crippen LogP contribution in [-0.4, -0.2) is 35.6 Å². The molecule has 0 aliphatic heterocycles. The van der Waals surface area contributed by atoms with Gasteiger partial charge >= 0.3 is 12.1 Å². The summed E-state index contributed by atoms with van der Waals surface area (Å²) in [6.07, 6.45) is -3.57. The van der Waals surface area contributed by atoms with E-state index in [-0.39, 0.29) is 5.95 Å². The average Bonchev–Trinajstić information content (AvgIpc) is 2.81. The minimum atomic E-state index is -4.74. The van der Waals surface area contributed by atoms with E-state index in [1.54, 1.807) is 0 Å². The maximum absolute atomic E-state index is 12.7. The van der Waals surface area contributed by atoms with Crippen molar-refractivity contribution >= 4 is 5.97 Å². The fourth-order valence-electron chi connectivity index (χ4n) is 1.31. The zero-order valence-corrected chi connectivity index (χ0v) is 8.88. The van der Waals surface area contributed by atoms with Gasteiger partial charge in [0.1, 0.15) is 6.33 Å². The summed E-state index contributed by atoms with van der Waals surface area (Å²) in [5, 5.41) is 18.9. The molecule has 18 heavy (non-hydrogen) atoms. The van der Waals surface area contributed by atoms with E-state index in [9.17, 15) is 18.0 Å². The van der Waals surface area contributed by atoms with E-state index < -0.39 is 23.5 Å². The van der Waals surface area contributed by atoms with Crippen molar-refractivity contribution in [3.05, 3.63) is 23.8 Å². The highest BCUT2D eigenvalue weighted by Gasteiger charge is 2.38. The molecule has 0 fully saturated rings. The molecule has 0 saturated carbocycles. The van der Waals surface area contributed by atoms with Crippen LogP contribution < -0.4 is 0 Å². The van der Waals surface area contributed by atoms with Crippen LogP contribution in [0.15, 0.2) is 12.4 Å². The summed E-state index contributed by atoms with van der Waals surface area (Å²) in [7, 11) is 1.41. The summed E-state index contributed by atoms with van der Waals surface area (Å²) in [5.41, 5.74) is -1.94. The van der Waals surface area contributed by atoms with Gasteiger partial charge in [0.2, 0.25) is 0 Å². The molecule has 2 heterocycles. The molecular formula is C8H6F3N5O2. The number of halogens is 3. The molecule has 0 saturated heterocycles. The van der Waals surface area contributed by atoms with E-state index in [2.05, 4.69) is 15.3 Å². The van der Waals surface area contributed by atoms with Gasteiger partial charge in [0.25, 0.3) is 5.95 Å². The number of aryl methyl sites for hydroxylation is 1. The number of nitrogens with zero attached hydrogens (tertiary/aromatic N) is 5. The average molecular weight is 261 g/mol. The minimum Gasteiger partial charge on any atom is -0.476 e. The smallest absolute Gasteiger partial charge is 0.433 e. The third-order valence-corrected chi connectivity index (χ3v) is 2.10. The fourth-order valence-corrected chi connectivity index (χ4v) is 1.31. The fraction of sp³-hybridized carbons (Fsp3) is 0.250. The number of alkyl halides is 3. The Labute approximate surface area is 97.5 Å². The van der Waals surface area contributed by atoms with Gasteiger partial charge in [0, 0.05) is 13.1 Å².